The Balaban J connectivity index is 2.00. The Bertz CT molecular complexity index is 548. The van der Waals surface area contributed by atoms with Gasteiger partial charge in [-0.15, -0.1) is 11.8 Å². The molecule has 22 heavy (non-hydrogen) atoms. The molecule has 0 saturated heterocycles. The first-order chi connectivity index (χ1) is 10.6. The largest absolute Gasteiger partial charge is 0.310 e. The number of unbranched alkanes of at least 4 members (excludes halogenated alkanes) is 5. The minimum Gasteiger partial charge on any atom is -0.310 e. The smallest absolute Gasteiger partial charge is 0.271 e. The van der Waals surface area contributed by atoms with Gasteiger partial charge in [-0.1, -0.05) is 39.0 Å². The van der Waals surface area contributed by atoms with Gasteiger partial charge in [0.1, 0.15) is 0 Å². The molecule has 0 radical (unpaired) electrons. The summed E-state index contributed by atoms with van der Waals surface area (Å²) in [6.45, 7) is 2.84. The average molecular weight is 322 g/mol. The number of carbonyl (C=O) groups excluding carboxylic acids is 1. The van der Waals surface area contributed by atoms with Gasteiger partial charge >= 0.3 is 0 Å². The van der Waals surface area contributed by atoms with Crippen LogP contribution in [0.1, 0.15) is 45.4 Å². The Morgan fingerprint density at radius 1 is 1.23 bits per heavy atom. The summed E-state index contributed by atoms with van der Waals surface area (Å²) in [5, 5.41) is 10.9. The van der Waals surface area contributed by atoms with Crippen LogP contribution < -0.4 is 4.90 Å². The molecule has 0 aromatic heterocycles. The highest BCUT2D eigenvalue weighted by atomic mass is 32.2. The first-order valence-corrected chi connectivity index (χ1v) is 8.83. The summed E-state index contributed by atoms with van der Waals surface area (Å²) in [6, 6.07) is 4.78. The van der Waals surface area contributed by atoms with E-state index in [1.807, 2.05) is 0 Å². The van der Waals surface area contributed by atoms with Gasteiger partial charge in [0.2, 0.25) is 5.91 Å². The molecule has 6 heteroatoms. The Labute approximate surface area is 135 Å². The van der Waals surface area contributed by atoms with Gasteiger partial charge in [0.15, 0.2) is 0 Å². The third kappa shape index (κ3) is 4.22. The van der Waals surface area contributed by atoms with E-state index in [4.69, 9.17) is 0 Å². The molecule has 120 valence electrons. The molecule has 1 amide bonds. The lowest BCUT2D eigenvalue weighted by molar-refractivity contribution is -0.384. The second-order valence-electron chi connectivity index (χ2n) is 5.51. The van der Waals surface area contributed by atoms with Gasteiger partial charge in [0, 0.05) is 23.6 Å². The zero-order valence-corrected chi connectivity index (χ0v) is 13.7. The molecule has 0 bridgehead atoms. The number of nitrogens with zero attached hydrogens (tertiary/aromatic N) is 2. The highest BCUT2D eigenvalue weighted by molar-refractivity contribution is 8.00. The van der Waals surface area contributed by atoms with Gasteiger partial charge in [-0.3, -0.25) is 14.9 Å². The van der Waals surface area contributed by atoms with E-state index in [0.29, 0.717) is 18.0 Å². The Morgan fingerprint density at radius 3 is 2.68 bits per heavy atom. The number of non-ortho nitro benzene ring substituents is 1. The summed E-state index contributed by atoms with van der Waals surface area (Å²) in [5.41, 5.74) is 0.742. The van der Waals surface area contributed by atoms with E-state index < -0.39 is 4.92 Å². The Hall–Kier alpha value is -1.56. The molecular formula is C16H22N2O3S. The first kappa shape index (κ1) is 16.8. The number of fused-ring (bicyclic) bond motifs is 1. The van der Waals surface area contributed by atoms with E-state index >= 15 is 0 Å². The highest BCUT2D eigenvalue weighted by Crippen LogP contribution is 2.37. The summed E-state index contributed by atoms with van der Waals surface area (Å²) in [4.78, 5) is 25.3. The predicted molar refractivity (Wildman–Crippen MR) is 89.5 cm³/mol. The standard InChI is InChI=1S/C16H22N2O3S/c1-2-3-4-5-6-7-10-17-14-11-13(18(20)21)8-9-15(14)22-12-16(17)19/h8-9,11H,2-7,10,12H2,1H3. The van der Waals surface area contributed by atoms with Crippen molar-refractivity contribution < 1.29 is 9.72 Å². The number of amides is 1. The van der Waals surface area contributed by atoms with Crippen LogP contribution in [0.5, 0.6) is 0 Å². The first-order valence-electron chi connectivity index (χ1n) is 7.85. The van der Waals surface area contributed by atoms with Gasteiger partial charge in [-0.25, -0.2) is 0 Å². The number of nitro benzene ring substituents is 1. The second kappa shape index (κ2) is 8.17. The minimum atomic E-state index is -0.410. The number of thioether (sulfide) groups is 1. The van der Waals surface area contributed by atoms with Crippen molar-refractivity contribution in [2.24, 2.45) is 0 Å². The second-order valence-corrected chi connectivity index (χ2v) is 6.53. The SMILES string of the molecule is CCCCCCCCN1C(=O)CSc2ccc([N+](=O)[O-])cc21. The van der Waals surface area contributed by atoms with Crippen LogP contribution in [0.15, 0.2) is 23.1 Å². The van der Waals surface area contributed by atoms with Gasteiger partial charge < -0.3 is 4.90 Å². The molecule has 0 spiro atoms. The molecular weight excluding hydrogens is 300 g/mol. The Morgan fingerprint density at radius 2 is 1.95 bits per heavy atom. The lowest BCUT2D eigenvalue weighted by atomic mass is 10.1. The number of carbonyl (C=O) groups is 1. The van der Waals surface area contributed by atoms with Crippen molar-refractivity contribution >= 4 is 29.0 Å². The van der Waals surface area contributed by atoms with Gasteiger partial charge in [0.25, 0.3) is 5.69 Å². The molecule has 1 heterocycles. The molecule has 0 unspecified atom stereocenters. The maximum atomic E-state index is 12.1. The average Bonchev–Trinajstić information content (AvgIpc) is 2.51. The molecule has 5 nitrogen and oxygen atoms in total. The van der Waals surface area contributed by atoms with Crippen molar-refractivity contribution in [3.8, 4) is 0 Å². The fraction of sp³-hybridized carbons (Fsp3) is 0.562. The Kier molecular flexibility index (Phi) is 6.24. The van der Waals surface area contributed by atoms with E-state index in [-0.39, 0.29) is 11.6 Å². The number of hydrogen-bond donors (Lipinski definition) is 0. The molecule has 1 aromatic rings. The normalized spacial score (nSPS) is 14.0. The van der Waals surface area contributed by atoms with Crippen molar-refractivity contribution in [3.63, 3.8) is 0 Å². The molecule has 0 fully saturated rings. The van der Waals surface area contributed by atoms with E-state index in [0.717, 1.165) is 17.7 Å². The van der Waals surface area contributed by atoms with E-state index in [1.54, 1.807) is 11.0 Å². The summed E-state index contributed by atoms with van der Waals surface area (Å²) < 4.78 is 0. The minimum absolute atomic E-state index is 0.0435. The number of hydrogen-bond acceptors (Lipinski definition) is 4. The zero-order chi connectivity index (χ0) is 15.9. The molecule has 0 atom stereocenters. The van der Waals surface area contributed by atoms with E-state index in [9.17, 15) is 14.9 Å². The van der Waals surface area contributed by atoms with Crippen molar-refractivity contribution in [2.75, 3.05) is 17.2 Å². The maximum absolute atomic E-state index is 12.1. The molecule has 1 aliphatic rings. The fourth-order valence-electron chi connectivity index (χ4n) is 2.60. The third-order valence-corrected chi connectivity index (χ3v) is 4.88. The molecule has 0 aliphatic carbocycles. The quantitative estimate of drug-likeness (QED) is 0.404. The monoisotopic (exact) mass is 322 g/mol. The van der Waals surface area contributed by atoms with Crippen LogP contribution in [0.4, 0.5) is 11.4 Å². The van der Waals surface area contributed by atoms with Crippen LogP contribution >= 0.6 is 11.8 Å². The van der Waals surface area contributed by atoms with Crippen LogP contribution in [-0.4, -0.2) is 23.1 Å². The zero-order valence-electron chi connectivity index (χ0n) is 12.9. The number of anilines is 1. The van der Waals surface area contributed by atoms with E-state index in [1.165, 1.54) is 49.6 Å². The third-order valence-electron chi connectivity index (χ3n) is 3.83. The van der Waals surface area contributed by atoms with Crippen molar-refractivity contribution in [2.45, 2.75) is 50.3 Å². The summed E-state index contributed by atoms with van der Waals surface area (Å²) in [6.07, 6.45) is 6.95. The molecule has 0 saturated carbocycles. The summed E-state index contributed by atoms with van der Waals surface area (Å²) >= 11 is 1.46. The number of benzene rings is 1. The van der Waals surface area contributed by atoms with Crippen molar-refractivity contribution in [3.05, 3.63) is 28.3 Å². The van der Waals surface area contributed by atoms with Gasteiger partial charge in [0.05, 0.1) is 16.4 Å². The lowest BCUT2D eigenvalue weighted by Gasteiger charge is -2.28. The molecule has 0 N–H and O–H groups in total. The topological polar surface area (TPSA) is 63.5 Å². The molecule has 1 aliphatic heterocycles. The van der Waals surface area contributed by atoms with Crippen molar-refractivity contribution in [1.82, 2.24) is 0 Å². The van der Waals surface area contributed by atoms with Crippen LogP contribution in [0.3, 0.4) is 0 Å². The highest BCUT2D eigenvalue weighted by Gasteiger charge is 2.26. The molecule has 2 rings (SSSR count). The van der Waals surface area contributed by atoms with Crippen LogP contribution in [0.25, 0.3) is 0 Å². The lowest BCUT2D eigenvalue weighted by Crippen LogP contribution is -2.36. The predicted octanol–water partition coefficient (Wildman–Crippen LogP) is 4.39. The number of rotatable bonds is 8. The molecule has 1 aromatic carbocycles. The summed E-state index contributed by atoms with van der Waals surface area (Å²) in [5.74, 6) is 0.465. The number of nitro groups is 1. The fourth-order valence-corrected chi connectivity index (χ4v) is 3.52. The van der Waals surface area contributed by atoms with Crippen LogP contribution in [0.2, 0.25) is 0 Å². The summed E-state index contributed by atoms with van der Waals surface area (Å²) in [7, 11) is 0. The van der Waals surface area contributed by atoms with Gasteiger partial charge in [-0.05, 0) is 12.5 Å². The van der Waals surface area contributed by atoms with Crippen LogP contribution in [0, 0.1) is 10.1 Å². The van der Waals surface area contributed by atoms with Crippen molar-refractivity contribution in [1.29, 1.82) is 0 Å². The van der Waals surface area contributed by atoms with E-state index in [2.05, 4.69) is 6.92 Å². The van der Waals surface area contributed by atoms with Gasteiger partial charge in [-0.2, -0.15) is 0 Å². The van der Waals surface area contributed by atoms with Crippen LogP contribution in [-0.2, 0) is 4.79 Å². The maximum Gasteiger partial charge on any atom is 0.271 e.